The van der Waals surface area contributed by atoms with Gasteiger partial charge >= 0.3 is 6.09 Å². The molecule has 2 amide bonds. The zero-order valence-corrected chi connectivity index (χ0v) is 19.3. The average molecular weight is 450 g/mol. The molecular formula is C22H28ClN3O3S. The smallest absolute Gasteiger partial charge is 0.407 e. The first kappa shape index (κ1) is 22.6. The summed E-state index contributed by atoms with van der Waals surface area (Å²) in [6.07, 6.45) is 1.75. The molecule has 3 rings (SSSR count). The molecule has 0 aliphatic heterocycles. The number of rotatable bonds is 7. The van der Waals surface area contributed by atoms with Crippen LogP contribution in [0.1, 0.15) is 46.2 Å². The molecule has 1 atom stereocenters. The van der Waals surface area contributed by atoms with Crippen LogP contribution in [0.4, 0.5) is 4.79 Å². The van der Waals surface area contributed by atoms with Gasteiger partial charge in [-0.2, -0.15) is 0 Å². The fourth-order valence-corrected chi connectivity index (χ4v) is 4.39. The number of carbonyl (C=O) groups excluding carboxylic acids is 2. The number of nitrogens with zero attached hydrogens (tertiary/aromatic N) is 1. The van der Waals surface area contributed by atoms with Crippen LogP contribution in [0.5, 0.6) is 0 Å². The zero-order chi connectivity index (χ0) is 21.9. The summed E-state index contributed by atoms with van der Waals surface area (Å²) in [5.41, 5.74) is 0.481. The van der Waals surface area contributed by atoms with Crippen molar-refractivity contribution in [1.82, 2.24) is 15.6 Å². The molecular weight excluding hydrogens is 422 g/mol. The SMILES string of the molecule is CC(C)(C)OC(=O)NCC(C)(NC(=O)Cc1csc(-c2ccccc2Cl)n1)C1CC1. The number of carbonyl (C=O) groups is 2. The van der Waals surface area contributed by atoms with Crippen LogP contribution in [0.15, 0.2) is 29.6 Å². The van der Waals surface area contributed by atoms with Gasteiger partial charge in [-0.3, -0.25) is 4.79 Å². The van der Waals surface area contributed by atoms with E-state index in [1.165, 1.54) is 11.3 Å². The van der Waals surface area contributed by atoms with Crippen LogP contribution in [-0.2, 0) is 16.0 Å². The van der Waals surface area contributed by atoms with Gasteiger partial charge in [-0.1, -0.05) is 29.8 Å². The number of amides is 2. The predicted molar refractivity (Wildman–Crippen MR) is 120 cm³/mol. The number of halogens is 1. The Kier molecular flexibility index (Phi) is 6.72. The van der Waals surface area contributed by atoms with Gasteiger partial charge in [0.1, 0.15) is 10.6 Å². The van der Waals surface area contributed by atoms with Crippen molar-refractivity contribution in [2.45, 2.75) is 58.1 Å². The molecule has 1 saturated carbocycles. The molecule has 0 bridgehead atoms. The van der Waals surface area contributed by atoms with Gasteiger partial charge in [0.25, 0.3) is 0 Å². The van der Waals surface area contributed by atoms with E-state index in [9.17, 15) is 9.59 Å². The third-order valence-corrected chi connectivity index (χ3v) is 6.15. The lowest BCUT2D eigenvalue weighted by Crippen LogP contribution is -2.56. The molecule has 1 aromatic heterocycles. The molecule has 0 spiro atoms. The van der Waals surface area contributed by atoms with Gasteiger partial charge < -0.3 is 15.4 Å². The van der Waals surface area contributed by atoms with Crippen molar-refractivity contribution in [3.8, 4) is 10.6 Å². The molecule has 1 unspecified atom stereocenters. The van der Waals surface area contributed by atoms with Crippen LogP contribution in [0.3, 0.4) is 0 Å². The van der Waals surface area contributed by atoms with Crippen LogP contribution < -0.4 is 10.6 Å². The van der Waals surface area contributed by atoms with Crippen LogP contribution in [-0.4, -0.2) is 34.7 Å². The van der Waals surface area contributed by atoms with Crippen molar-refractivity contribution in [2.24, 2.45) is 5.92 Å². The minimum Gasteiger partial charge on any atom is -0.444 e. The van der Waals surface area contributed by atoms with Crippen LogP contribution in [0, 0.1) is 5.92 Å². The topological polar surface area (TPSA) is 80.3 Å². The molecule has 0 saturated heterocycles. The Labute approximate surface area is 186 Å². The lowest BCUT2D eigenvalue weighted by Gasteiger charge is -2.32. The molecule has 1 fully saturated rings. The number of hydrogen-bond donors (Lipinski definition) is 2. The molecule has 1 aromatic carbocycles. The minimum atomic E-state index is -0.562. The quantitative estimate of drug-likeness (QED) is 0.635. The third-order valence-electron chi connectivity index (χ3n) is 4.90. The maximum absolute atomic E-state index is 12.7. The fourth-order valence-electron chi connectivity index (χ4n) is 3.25. The first-order valence-electron chi connectivity index (χ1n) is 10.0. The predicted octanol–water partition coefficient (Wildman–Crippen LogP) is 4.82. The Bertz CT molecular complexity index is 920. The van der Waals surface area contributed by atoms with Crippen molar-refractivity contribution in [2.75, 3.05) is 6.54 Å². The maximum atomic E-state index is 12.7. The standard InChI is InChI=1S/C22H28ClN3O3S/c1-21(2,3)29-20(28)24-13-22(4,14-9-10-14)26-18(27)11-15-12-30-19(25-15)16-7-5-6-8-17(16)23/h5-8,12,14H,9-11,13H2,1-4H3,(H,24,28)(H,26,27). The number of hydrogen-bond acceptors (Lipinski definition) is 5. The van der Waals surface area contributed by atoms with E-state index in [2.05, 4.69) is 15.6 Å². The summed E-state index contributed by atoms with van der Waals surface area (Å²) in [6, 6.07) is 7.52. The maximum Gasteiger partial charge on any atom is 0.407 e. The van der Waals surface area contributed by atoms with E-state index in [1.54, 1.807) is 0 Å². The minimum absolute atomic E-state index is 0.119. The zero-order valence-electron chi connectivity index (χ0n) is 17.8. The number of nitrogens with one attached hydrogen (secondary N) is 2. The number of thiazole rings is 1. The van der Waals surface area contributed by atoms with Gasteiger partial charge in [0.2, 0.25) is 5.91 Å². The van der Waals surface area contributed by atoms with Gasteiger partial charge in [-0.05, 0) is 52.5 Å². The molecule has 162 valence electrons. The Morgan fingerprint density at radius 3 is 2.57 bits per heavy atom. The number of aromatic nitrogens is 1. The lowest BCUT2D eigenvalue weighted by molar-refractivity contribution is -0.122. The van der Waals surface area contributed by atoms with Gasteiger partial charge in [0.15, 0.2) is 0 Å². The molecule has 30 heavy (non-hydrogen) atoms. The van der Waals surface area contributed by atoms with Crippen molar-refractivity contribution >= 4 is 34.9 Å². The van der Waals surface area contributed by atoms with Crippen molar-refractivity contribution in [1.29, 1.82) is 0 Å². The Morgan fingerprint density at radius 2 is 1.93 bits per heavy atom. The highest BCUT2D eigenvalue weighted by Gasteiger charge is 2.43. The van der Waals surface area contributed by atoms with E-state index < -0.39 is 17.2 Å². The second-order valence-corrected chi connectivity index (χ2v) is 10.2. The molecule has 1 heterocycles. The summed E-state index contributed by atoms with van der Waals surface area (Å²) in [7, 11) is 0. The third kappa shape index (κ3) is 6.19. The summed E-state index contributed by atoms with van der Waals surface area (Å²) in [4.78, 5) is 29.3. The number of ether oxygens (including phenoxy) is 1. The van der Waals surface area contributed by atoms with Crippen LogP contribution in [0.25, 0.3) is 10.6 Å². The second kappa shape index (κ2) is 8.94. The van der Waals surface area contributed by atoms with E-state index in [1.807, 2.05) is 57.3 Å². The first-order valence-corrected chi connectivity index (χ1v) is 11.3. The largest absolute Gasteiger partial charge is 0.444 e. The molecule has 1 aliphatic carbocycles. The molecule has 8 heteroatoms. The fraction of sp³-hybridized carbons (Fsp3) is 0.500. The lowest BCUT2D eigenvalue weighted by atomic mass is 9.95. The number of alkyl carbamates (subject to hydrolysis) is 1. The van der Waals surface area contributed by atoms with E-state index in [-0.39, 0.29) is 12.3 Å². The summed E-state index contributed by atoms with van der Waals surface area (Å²) in [6.45, 7) is 7.74. The Hall–Kier alpha value is -2.12. The van der Waals surface area contributed by atoms with Crippen LogP contribution >= 0.6 is 22.9 Å². The van der Waals surface area contributed by atoms with Gasteiger partial charge in [-0.25, -0.2) is 9.78 Å². The number of benzene rings is 1. The van der Waals surface area contributed by atoms with E-state index in [0.717, 1.165) is 23.4 Å². The Balaban J connectivity index is 1.59. The van der Waals surface area contributed by atoms with E-state index in [0.29, 0.717) is 23.2 Å². The van der Waals surface area contributed by atoms with E-state index in [4.69, 9.17) is 16.3 Å². The summed E-state index contributed by atoms with van der Waals surface area (Å²) < 4.78 is 5.31. The van der Waals surface area contributed by atoms with Crippen molar-refractivity contribution in [3.05, 3.63) is 40.4 Å². The highest BCUT2D eigenvalue weighted by atomic mass is 35.5. The molecule has 1 aliphatic rings. The summed E-state index contributed by atoms with van der Waals surface area (Å²) in [5.74, 6) is 0.219. The molecule has 0 radical (unpaired) electrons. The Morgan fingerprint density at radius 1 is 1.23 bits per heavy atom. The van der Waals surface area contributed by atoms with Gasteiger partial charge in [0.05, 0.1) is 22.7 Å². The highest BCUT2D eigenvalue weighted by molar-refractivity contribution is 7.13. The van der Waals surface area contributed by atoms with Crippen molar-refractivity contribution in [3.63, 3.8) is 0 Å². The van der Waals surface area contributed by atoms with Gasteiger partial charge in [0, 0.05) is 17.5 Å². The average Bonchev–Trinajstić information content (AvgIpc) is 3.40. The molecule has 6 nitrogen and oxygen atoms in total. The first-order chi connectivity index (χ1) is 14.1. The normalized spacial score (nSPS) is 15.9. The molecule has 2 N–H and O–H groups in total. The highest BCUT2D eigenvalue weighted by Crippen LogP contribution is 2.39. The second-order valence-electron chi connectivity index (χ2n) is 8.90. The van der Waals surface area contributed by atoms with E-state index >= 15 is 0 Å². The summed E-state index contributed by atoms with van der Waals surface area (Å²) >= 11 is 7.71. The molecule has 2 aromatic rings. The van der Waals surface area contributed by atoms with Gasteiger partial charge in [-0.15, -0.1) is 11.3 Å². The van der Waals surface area contributed by atoms with Crippen molar-refractivity contribution < 1.29 is 14.3 Å². The van der Waals surface area contributed by atoms with Crippen LogP contribution in [0.2, 0.25) is 5.02 Å². The summed E-state index contributed by atoms with van der Waals surface area (Å²) in [5, 5.41) is 9.22. The monoisotopic (exact) mass is 449 g/mol.